The Bertz CT molecular complexity index is 1140. The zero-order valence-corrected chi connectivity index (χ0v) is 18.9. The molecule has 7 nitrogen and oxygen atoms in total. The first-order chi connectivity index (χ1) is 16.5. The van der Waals surface area contributed by atoms with E-state index >= 15 is 0 Å². The fourth-order valence-corrected chi connectivity index (χ4v) is 3.86. The Hall–Kier alpha value is -4.07. The van der Waals surface area contributed by atoms with Crippen LogP contribution in [0.2, 0.25) is 0 Å². The van der Waals surface area contributed by atoms with Crippen LogP contribution in [-0.4, -0.2) is 32.1 Å². The summed E-state index contributed by atoms with van der Waals surface area (Å²) >= 11 is 0. The van der Waals surface area contributed by atoms with Crippen LogP contribution in [0, 0.1) is 5.82 Å². The summed E-state index contributed by atoms with van der Waals surface area (Å²) < 4.78 is 18.3. The number of carbonyl (C=O) groups is 2. The number of benzene rings is 3. The second kappa shape index (κ2) is 10.7. The maximum atomic E-state index is 13.1. The lowest BCUT2D eigenvalue weighted by Gasteiger charge is -2.22. The average Bonchev–Trinajstić information content (AvgIpc) is 3.39. The van der Waals surface area contributed by atoms with E-state index in [1.807, 2.05) is 30.3 Å². The molecule has 1 aliphatic heterocycles. The van der Waals surface area contributed by atoms with Gasteiger partial charge in [0.05, 0.1) is 18.5 Å². The molecule has 1 fully saturated rings. The molecule has 1 aliphatic rings. The molecule has 0 saturated carbocycles. The molecule has 8 heteroatoms. The first-order valence-corrected chi connectivity index (χ1v) is 11.2. The Balaban J connectivity index is 1.48. The SMILES string of the molecule is COc1ccc(CNC(=O)c2ccc(N3CCCC3)c(NC(=O)Nc3ccc(F)cc3)c2)cc1. The van der Waals surface area contributed by atoms with Gasteiger partial charge in [-0.1, -0.05) is 12.1 Å². The Morgan fingerprint density at radius 1 is 0.941 bits per heavy atom. The lowest BCUT2D eigenvalue weighted by Crippen LogP contribution is -2.26. The van der Waals surface area contributed by atoms with Crippen molar-refractivity contribution in [2.24, 2.45) is 0 Å². The third kappa shape index (κ3) is 5.83. The fraction of sp³-hybridized carbons (Fsp3) is 0.231. The summed E-state index contributed by atoms with van der Waals surface area (Å²) in [5.74, 6) is 0.128. The molecule has 4 rings (SSSR count). The fourth-order valence-electron chi connectivity index (χ4n) is 3.86. The standard InChI is InChI=1S/C26H27FN4O3/c1-34-22-11-4-18(5-12-22)17-28-25(32)19-6-13-24(31-14-2-3-15-31)23(16-19)30-26(33)29-21-9-7-20(27)8-10-21/h4-13,16H,2-3,14-15,17H2,1H3,(H,28,32)(H2,29,30,33). The smallest absolute Gasteiger partial charge is 0.323 e. The van der Waals surface area contributed by atoms with Crippen LogP contribution in [-0.2, 0) is 6.54 Å². The lowest BCUT2D eigenvalue weighted by atomic mass is 10.1. The topological polar surface area (TPSA) is 82.7 Å². The zero-order chi connectivity index (χ0) is 23.9. The van der Waals surface area contributed by atoms with E-state index in [-0.39, 0.29) is 11.7 Å². The molecule has 3 aromatic carbocycles. The van der Waals surface area contributed by atoms with Crippen LogP contribution in [0.4, 0.5) is 26.2 Å². The van der Waals surface area contributed by atoms with Gasteiger partial charge in [0, 0.05) is 30.9 Å². The number of anilines is 3. The largest absolute Gasteiger partial charge is 0.497 e. The maximum Gasteiger partial charge on any atom is 0.323 e. The summed E-state index contributed by atoms with van der Waals surface area (Å²) in [4.78, 5) is 27.6. The predicted octanol–water partition coefficient (Wildman–Crippen LogP) is 5.01. The Morgan fingerprint density at radius 3 is 2.32 bits per heavy atom. The molecular weight excluding hydrogens is 435 g/mol. The van der Waals surface area contributed by atoms with Crippen molar-refractivity contribution in [2.45, 2.75) is 19.4 Å². The second-order valence-electron chi connectivity index (χ2n) is 8.04. The highest BCUT2D eigenvalue weighted by Crippen LogP contribution is 2.30. The van der Waals surface area contributed by atoms with Crippen LogP contribution in [0.3, 0.4) is 0 Å². The van der Waals surface area contributed by atoms with Gasteiger partial charge in [-0.3, -0.25) is 4.79 Å². The highest BCUT2D eigenvalue weighted by molar-refractivity contribution is 6.04. The molecule has 0 aromatic heterocycles. The highest BCUT2D eigenvalue weighted by atomic mass is 19.1. The van der Waals surface area contributed by atoms with Crippen molar-refractivity contribution >= 4 is 29.0 Å². The Morgan fingerprint density at radius 2 is 1.65 bits per heavy atom. The van der Waals surface area contributed by atoms with E-state index in [1.165, 1.54) is 24.3 Å². The van der Waals surface area contributed by atoms with Crippen molar-refractivity contribution in [1.29, 1.82) is 0 Å². The van der Waals surface area contributed by atoms with Crippen molar-refractivity contribution in [3.63, 3.8) is 0 Å². The molecule has 0 atom stereocenters. The molecule has 176 valence electrons. The number of hydrogen-bond donors (Lipinski definition) is 3. The molecule has 1 saturated heterocycles. The number of methoxy groups -OCH3 is 1. The predicted molar refractivity (Wildman–Crippen MR) is 131 cm³/mol. The van der Waals surface area contributed by atoms with Crippen LogP contribution >= 0.6 is 0 Å². The van der Waals surface area contributed by atoms with E-state index < -0.39 is 6.03 Å². The number of nitrogens with one attached hydrogen (secondary N) is 3. The van der Waals surface area contributed by atoms with Crippen molar-refractivity contribution in [1.82, 2.24) is 5.32 Å². The van der Waals surface area contributed by atoms with Gasteiger partial charge in [-0.25, -0.2) is 9.18 Å². The van der Waals surface area contributed by atoms with Gasteiger partial charge in [-0.15, -0.1) is 0 Å². The van der Waals surface area contributed by atoms with Crippen molar-refractivity contribution in [3.05, 3.63) is 83.7 Å². The number of halogens is 1. The molecule has 0 aliphatic carbocycles. The summed E-state index contributed by atoms with van der Waals surface area (Å²) in [7, 11) is 1.61. The van der Waals surface area contributed by atoms with E-state index in [0.29, 0.717) is 23.5 Å². The van der Waals surface area contributed by atoms with Crippen molar-refractivity contribution < 1.29 is 18.7 Å². The molecule has 3 amide bonds. The van der Waals surface area contributed by atoms with Crippen LogP contribution in [0.5, 0.6) is 5.75 Å². The van der Waals surface area contributed by atoms with Gasteiger partial charge in [-0.05, 0) is 73.0 Å². The third-order valence-electron chi connectivity index (χ3n) is 5.67. The van der Waals surface area contributed by atoms with Gasteiger partial charge in [0.15, 0.2) is 0 Å². The minimum atomic E-state index is -0.470. The van der Waals surface area contributed by atoms with Crippen LogP contribution in [0.15, 0.2) is 66.7 Å². The number of ether oxygens (including phenoxy) is 1. The summed E-state index contributed by atoms with van der Waals surface area (Å²) in [5, 5.41) is 8.46. The van der Waals surface area contributed by atoms with Gasteiger partial charge >= 0.3 is 6.03 Å². The molecule has 0 radical (unpaired) electrons. The van der Waals surface area contributed by atoms with Crippen molar-refractivity contribution in [3.8, 4) is 5.75 Å². The number of rotatable bonds is 7. The molecular formula is C26H27FN4O3. The van der Waals surface area contributed by atoms with E-state index in [1.54, 1.807) is 19.2 Å². The zero-order valence-electron chi connectivity index (χ0n) is 18.9. The second-order valence-corrected chi connectivity index (χ2v) is 8.04. The van der Waals surface area contributed by atoms with Gasteiger partial charge in [0.25, 0.3) is 5.91 Å². The van der Waals surface area contributed by atoms with E-state index in [4.69, 9.17) is 4.74 Å². The number of nitrogens with zero attached hydrogens (tertiary/aromatic N) is 1. The van der Waals surface area contributed by atoms with Crippen LogP contribution in [0.25, 0.3) is 0 Å². The van der Waals surface area contributed by atoms with Gasteiger partial charge in [0.1, 0.15) is 11.6 Å². The molecule has 34 heavy (non-hydrogen) atoms. The molecule has 3 N–H and O–H groups in total. The first kappa shape index (κ1) is 23.1. The van der Waals surface area contributed by atoms with Gasteiger partial charge in [0.2, 0.25) is 0 Å². The Kier molecular flexibility index (Phi) is 7.27. The monoisotopic (exact) mass is 462 g/mol. The minimum Gasteiger partial charge on any atom is -0.497 e. The number of carbonyl (C=O) groups excluding carboxylic acids is 2. The molecule has 3 aromatic rings. The first-order valence-electron chi connectivity index (χ1n) is 11.2. The molecule has 1 heterocycles. The summed E-state index contributed by atoms with van der Waals surface area (Å²) in [6, 6.07) is 17.8. The third-order valence-corrected chi connectivity index (χ3v) is 5.67. The lowest BCUT2D eigenvalue weighted by molar-refractivity contribution is 0.0951. The minimum absolute atomic E-state index is 0.245. The normalized spacial score (nSPS) is 12.8. The molecule has 0 spiro atoms. The van der Waals surface area contributed by atoms with Gasteiger partial charge < -0.3 is 25.6 Å². The number of hydrogen-bond acceptors (Lipinski definition) is 4. The maximum absolute atomic E-state index is 13.1. The molecule has 0 bridgehead atoms. The van der Waals surface area contributed by atoms with Gasteiger partial charge in [-0.2, -0.15) is 0 Å². The molecule has 0 unspecified atom stereocenters. The number of amides is 3. The van der Waals surface area contributed by atoms with Crippen molar-refractivity contribution in [2.75, 3.05) is 35.7 Å². The van der Waals surface area contributed by atoms with Crippen LogP contribution in [0.1, 0.15) is 28.8 Å². The van der Waals surface area contributed by atoms with Crippen LogP contribution < -0.4 is 25.6 Å². The summed E-state index contributed by atoms with van der Waals surface area (Å²) in [5.41, 5.74) is 3.25. The van der Waals surface area contributed by atoms with E-state index in [0.717, 1.165) is 42.9 Å². The van der Waals surface area contributed by atoms with E-state index in [2.05, 4.69) is 20.9 Å². The summed E-state index contributed by atoms with van der Waals surface area (Å²) in [6.07, 6.45) is 2.15. The highest BCUT2D eigenvalue weighted by Gasteiger charge is 2.19. The Labute approximate surface area is 197 Å². The van der Waals surface area contributed by atoms with E-state index in [9.17, 15) is 14.0 Å². The average molecular weight is 463 g/mol. The number of urea groups is 1. The quantitative estimate of drug-likeness (QED) is 0.461. The summed E-state index contributed by atoms with van der Waals surface area (Å²) in [6.45, 7) is 2.14.